The minimum absolute atomic E-state index is 0.492. The van der Waals surface area contributed by atoms with Gasteiger partial charge in [-0.15, -0.1) is 10.2 Å². The molecule has 0 N–H and O–H groups in total. The molecule has 5 heteroatoms. The van der Waals surface area contributed by atoms with Crippen LogP contribution in [-0.4, -0.2) is 37.7 Å². The first-order valence-corrected chi connectivity index (χ1v) is 8.88. The van der Waals surface area contributed by atoms with E-state index in [-0.39, 0.29) is 0 Å². The van der Waals surface area contributed by atoms with Gasteiger partial charge in [-0.2, -0.15) is 0 Å². The maximum Gasteiger partial charge on any atom is 0.139 e. The van der Waals surface area contributed by atoms with E-state index in [1.165, 1.54) is 42.6 Å². The Morgan fingerprint density at radius 1 is 1.00 bits per heavy atom. The highest BCUT2D eigenvalue weighted by atomic mass is 15.2. The lowest BCUT2D eigenvalue weighted by Crippen LogP contribution is -2.23. The number of aromatic nitrogens is 4. The van der Waals surface area contributed by atoms with Crippen LogP contribution >= 0.6 is 0 Å². The second-order valence-corrected chi connectivity index (χ2v) is 6.77. The molecule has 1 aliphatic rings. The van der Waals surface area contributed by atoms with Gasteiger partial charge in [-0.3, -0.25) is 9.47 Å². The topological polar surface area (TPSA) is 46.8 Å². The first-order chi connectivity index (χ1) is 12.2. The molecule has 3 heterocycles. The number of hydrogen-bond acceptors (Lipinski definition) is 4. The summed E-state index contributed by atoms with van der Waals surface area (Å²) in [7, 11) is 0. The Hall–Kier alpha value is -2.53. The highest BCUT2D eigenvalue weighted by Crippen LogP contribution is 2.28. The molecule has 0 amide bonds. The maximum absolute atomic E-state index is 4.55. The van der Waals surface area contributed by atoms with Gasteiger partial charge in [0.15, 0.2) is 0 Å². The highest BCUT2D eigenvalue weighted by Gasteiger charge is 2.19. The summed E-state index contributed by atoms with van der Waals surface area (Å²) < 4.78 is 1.82. The fourth-order valence-corrected chi connectivity index (χ4v) is 3.58. The summed E-state index contributed by atoms with van der Waals surface area (Å²) >= 11 is 0. The van der Waals surface area contributed by atoms with E-state index < -0.39 is 0 Å². The molecule has 1 aromatic carbocycles. The Bertz CT molecular complexity index is 833. The SMILES string of the molecule is Cc1cc(-n2cnnc2)ncc1-c1ccc([C@@H](C)N2CCCC2)cc1. The summed E-state index contributed by atoms with van der Waals surface area (Å²) in [4.78, 5) is 7.12. The number of benzene rings is 1. The minimum Gasteiger partial charge on any atom is -0.297 e. The normalized spacial score (nSPS) is 16.2. The fraction of sp³-hybridized carbons (Fsp3) is 0.350. The smallest absolute Gasteiger partial charge is 0.139 e. The lowest BCUT2D eigenvalue weighted by Gasteiger charge is -2.24. The zero-order valence-electron chi connectivity index (χ0n) is 14.8. The molecule has 0 bridgehead atoms. The molecule has 0 radical (unpaired) electrons. The zero-order valence-corrected chi connectivity index (χ0v) is 14.8. The molecule has 5 nitrogen and oxygen atoms in total. The van der Waals surface area contributed by atoms with Crippen LogP contribution in [0.4, 0.5) is 0 Å². The van der Waals surface area contributed by atoms with E-state index in [9.17, 15) is 0 Å². The molecule has 0 saturated carbocycles. The predicted molar refractivity (Wildman–Crippen MR) is 98.5 cm³/mol. The standard InChI is InChI=1S/C20H23N5/c1-15-11-20(25-13-22-23-14-25)21-12-19(15)18-7-5-17(6-8-18)16(2)24-9-3-4-10-24/h5-8,11-14,16H,3-4,9-10H2,1-2H3/t16-/m1/s1. The van der Waals surface area contributed by atoms with E-state index in [4.69, 9.17) is 0 Å². The van der Waals surface area contributed by atoms with Gasteiger partial charge in [0.1, 0.15) is 18.5 Å². The van der Waals surface area contributed by atoms with E-state index in [1.54, 1.807) is 12.7 Å². The van der Waals surface area contributed by atoms with E-state index in [0.29, 0.717) is 6.04 Å². The molecule has 2 aromatic heterocycles. The van der Waals surface area contributed by atoms with E-state index in [1.807, 2.05) is 10.8 Å². The molecule has 128 valence electrons. The number of likely N-dealkylation sites (tertiary alicyclic amines) is 1. The lowest BCUT2D eigenvalue weighted by molar-refractivity contribution is 0.263. The summed E-state index contributed by atoms with van der Waals surface area (Å²) in [5, 5.41) is 7.67. The number of rotatable bonds is 4. The molecule has 25 heavy (non-hydrogen) atoms. The molecule has 0 spiro atoms. The van der Waals surface area contributed by atoms with Crippen molar-refractivity contribution in [2.75, 3.05) is 13.1 Å². The van der Waals surface area contributed by atoms with Crippen LogP contribution in [-0.2, 0) is 0 Å². The van der Waals surface area contributed by atoms with Gasteiger partial charge in [-0.05, 0) is 62.5 Å². The van der Waals surface area contributed by atoms with Crippen LogP contribution < -0.4 is 0 Å². The molecule has 1 saturated heterocycles. The monoisotopic (exact) mass is 333 g/mol. The van der Waals surface area contributed by atoms with Crippen molar-refractivity contribution >= 4 is 0 Å². The van der Waals surface area contributed by atoms with Crippen LogP contribution in [0.25, 0.3) is 16.9 Å². The molecule has 0 unspecified atom stereocenters. The lowest BCUT2D eigenvalue weighted by atomic mass is 9.99. The number of aryl methyl sites for hydroxylation is 1. The summed E-state index contributed by atoms with van der Waals surface area (Å²) in [5.74, 6) is 0.838. The minimum atomic E-state index is 0.492. The Balaban J connectivity index is 1.57. The van der Waals surface area contributed by atoms with Crippen LogP contribution in [0.1, 0.15) is 36.9 Å². The van der Waals surface area contributed by atoms with Gasteiger partial charge in [0, 0.05) is 17.8 Å². The summed E-state index contributed by atoms with van der Waals surface area (Å²) in [5.41, 5.74) is 4.95. The van der Waals surface area contributed by atoms with Crippen molar-refractivity contribution in [1.82, 2.24) is 24.6 Å². The van der Waals surface area contributed by atoms with Crippen molar-refractivity contribution in [1.29, 1.82) is 0 Å². The Labute approximate surface area is 148 Å². The largest absolute Gasteiger partial charge is 0.297 e. The van der Waals surface area contributed by atoms with Crippen LogP contribution in [0, 0.1) is 6.92 Å². The molecular weight excluding hydrogens is 310 g/mol. The third kappa shape index (κ3) is 3.20. The van der Waals surface area contributed by atoms with Gasteiger partial charge in [0.25, 0.3) is 0 Å². The number of hydrogen-bond donors (Lipinski definition) is 0. The van der Waals surface area contributed by atoms with Gasteiger partial charge >= 0.3 is 0 Å². The predicted octanol–water partition coefficient (Wildman–Crippen LogP) is 3.79. The molecule has 1 aliphatic heterocycles. The zero-order chi connectivity index (χ0) is 17.2. The first-order valence-electron chi connectivity index (χ1n) is 8.88. The molecule has 4 rings (SSSR count). The van der Waals surface area contributed by atoms with Crippen molar-refractivity contribution in [2.45, 2.75) is 32.7 Å². The van der Waals surface area contributed by atoms with Gasteiger partial charge in [0.2, 0.25) is 0 Å². The Kier molecular flexibility index (Phi) is 4.32. The van der Waals surface area contributed by atoms with Crippen LogP contribution in [0.2, 0.25) is 0 Å². The fourth-order valence-electron chi connectivity index (χ4n) is 3.58. The van der Waals surface area contributed by atoms with Crippen molar-refractivity contribution in [2.24, 2.45) is 0 Å². The highest BCUT2D eigenvalue weighted by molar-refractivity contribution is 5.67. The number of nitrogens with zero attached hydrogens (tertiary/aromatic N) is 5. The second kappa shape index (κ2) is 6.76. The first kappa shape index (κ1) is 16.0. The third-order valence-electron chi connectivity index (χ3n) is 5.17. The molecule has 1 atom stereocenters. The molecule has 3 aromatic rings. The van der Waals surface area contributed by atoms with E-state index in [0.717, 1.165) is 11.4 Å². The number of pyridine rings is 1. The van der Waals surface area contributed by atoms with Gasteiger partial charge in [-0.1, -0.05) is 24.3 Å². The van der Waals surface area contributed by atoms with Crippen LogP contribution in [0.15, 0.2) is 49.2 Å². The summed E-state index contributed by atoms with van der Waals surface area (Å²) in [6, 6.07) is 11.5. The molecule has 1 fully saturated rings. The second-order valence-electron chi connectivity index (χ2n) is 6.77. The van der Waals surface area contributed by atoms with E-state index in [2.05, 4.69) is 64.3 Å². The maximum atomic E-state index is 4.55. The third-order valence-corrected chi connectivity index (χ3v) is 5.17. The quantitative estimate of drug-likeness (QED) is 0.729. The van der Waals surface area contributed by atoms with Gasteiger partial charge in [0.05, 0.1) is 0 Å². The average molecular weight is 333 g/mol. The average Bonchev–Trinajstić information content (AvgIpc) is 3.35. The van der Waals surface area contributed by atoms with Crippen molar-refractivity contribution in [3.05, 3.63) is 60.3 Å². The molecule has 0 aliphatic carbocycles. The van der Waals surface area contributed by atoms with E-state index >= 15 is 0 Å². The van der Waals surface area contributed by atoms with Gasteiger partial charge < -0.3 is 0 Å². The van der Waals surface area contributed by atoms with Crippen molar-refractivity contribution < 1.29 is 0 Å². The Morgan fingerprint density at radius 2 is 1.68 bits per heavy atom. The summed E-state index contributed by atoms with van der Waals surface area (Å²) in [6.45, 7) is 6.86. The Morgan fingerprint density at radius 3 is 2.32 bits per heavy atom. The van der Waals surface area contributed by atoms with Crippen molar-refractivity contribution in [3.8, 4) is 16.9 Å². The van der Waals surface area contributed by atoms with Crippen LogP contribution in [0.5, 0.6) is 0 Å². The van der Waals surface area contributed by atoms with Crippen molar-refractivity contribution in [3.63, 3.8) is 0 Å². The van der Waals surface area contributed by atoms with Crippen LogP contribution in [0.3, 0.4) is 0 Å². The van der Waals surface area contributed by atoms with Gasteiger partial charge in [-0.25, -0.2) is 4.98 Å². The molecular formula is C20H23N5. The summed E-state index contributed by atoms with van der Waals surface area (Å²) in [6.07, 6.45) is 7.91.